The fourth-order valence-corrected chi connectivity index (χ4v) is 3.04. The van der Waals surface area contributed by atoms with E-state index in [-0.39, 0.29) is 32.2 Å². The van der Waals surface area contributed by atoms with Crippen LogP contribution in [0.1, 0.15) is 15.4 Å². The largest absolute Gasteiger partial charge is 0.395 e. The van der Waals surface area contributed by atoms with Gasteiger partial charge in [-0.1, -0.05) is 30.3 Å². The molecule has 0 radical (unpaired) electrons. The van der Waals surface area contributed by atoms with Crippen LogP contribution >= 0.6 is 11.3 Å². The number of aliphatic hydroxyl groups is 2. The summed E-state index contributed by atoms with van der Waals surface area (Å²) in [6.07, 6.45) is 0. The summed E-state index contributed by atoms with van der Waals surface area (Å²) in [5.41, 5.74) is 1.64. The van der Waals surface area contributed by atoms with Crippen molar-refractivity contribution in [2.75, 3.05) is 26.3 Å². The van der Waals surface area contributed by atoms with E-state index in [1.54, 1.807) is 6.92 Å². The third-order valence-corrected chi connectivity index (χ3v) is 4.23. The lowest BCUT2D eigenvalue weighted by molar-refractivity contribution is 0.0688. The molecule has 1 aromatic carbocycles. The Morgan fingerprint density at radius 3 is 2.38 bits per heavy atom. The van der Waals surface area contributed by atoms with Gasteiger partial charge >= 0.3 is 0 Å². The number of rotatable bonds is 6. The Kier molecular flexibility index (Phi) is 5.44. The van der Waals surface area contributed by atoms with Crippen molar-refractivity contribution in [3.63, 3.8) is 0 Å². The van der Waals surface area contributed by atoms with Crippen molar-refractivity contribution >= 4 is 17.2 Å². The average molecular weight is 306 g/mol. The summed E-state index contributed by atoms with van der Waals surface area (Å²) in [5.74, 6) is -0.199. The lowest BCUT2D eigenvalue weighted by atomic mass is 10.2. The second kappa shape index (κ2) is 7.31. The summed E-state index contributed by atoms with van der Waals surface area (Å²) in [6, 6.07) is 9.69. The summed E-state index contributed by atoms with van der Waals surface area (Å²) >= 11 is 1.34. The molecule has 5 nitrogen and oxygen atoms in total. The molecule has 2 N–H and O–H groups in total. The van der Waals surface area contributed by atoms with E-state index in [4.69, 9.17) is 10.2 Å². The summed E-state index contributed by atoms with van der Waals surface area (Å²) < 4.78 is 0. The number of aliphatic hydroxyl groups excluding tert-OH is 2. The van der Waals surface area contributed by atoms with Gasteiger partial charge in [0.2, 0.25) is 0 Å². The van der Waals surface area contributed by atoms with Crippen LogP contribution in [0.5, 0.6) is 0 Å². The first-order valence-electron chi connectivity index (χ1n) is 6.71. The van der Waals surface area contributed by atoms with Crippen molar-refractivity contribution in [1.82, 2.24) is 9.88 Å². The van der Waals surface area contributed by atoms with E-state index in [1.165, 1.54) is 16.2 Å². The van der Waals surface area contributed by atoms with Gasteiger partial charge < -0.3 is 15.1 Å². The van der Waals surface area contributed by atoms with E-state index < -0.39 is 0 Å². The van der Waals surface area contributed by atoms with Crippen molar-refractivity contribution in [3.05, 3.63) is 40.9 Å². The van der Waals surface area contributed by atoms with Crippen molar-refractivity contribution in [3.8, 4) is 10.6 Å². The van der Waals surface area contributed by atoms with Gasteiger partial charge in [0, 0.05) is 18.7 Å². The lowest BCUT2D eigenvalue weighted by Crippen LogP contribution is -2.35. The van der Waals surface area contributed by atoms with E-state index in [0.717, 1.165) is 10.6 Å². The molecule has 0 saturated heterocycles. The van der Waals surface area contributed by atoms with Crippen molar-refractivity contribution < 1.29 is 15.0 Å². The molecule has 1 aromatic heterocycles. The molecule has 6 heteroatoms. The minimum Gasteiger partial charge on any atom is -0.395 e. The van der Waals surface area contributed by atoms with Crippen LogP contribution in [-0.4, -0.2) is 52.3 Å². The van der Waals surface area contributed by atoms with Crippen LogP contribution in [0.2, 0.25) is 0 Å². The number of hydrogen-bond donors (Lipinski definition) is 2. The molecule has 0 fully saturated rings. The Morgan fingerprint density at radius 2 is 1.81 bits per heavy atom. The molecule has 0 atom stereocenters. The van der Waals surface area contributed by atoms with E-state index in [0.29, 0.717) is 10.6 Å². The Labute approximate surface area is 127 Å². The van der Waals surface area contributed by atoms with Gasteiger partial charge in [-0.15, -0.1) is 11.3 Å². The van der Waals surface area contributed by atoms with E-state index in [1.807, 2.05) is 30.3 Å². The molecule has 2 aromatic rings. The third kappa shape index (κ3) is 3.66. The maximum atomic E-state index is 12.5. The van der Waals surface area contributed by atoms with E-state index in [9.17, 15) is 4.79 Å². The zero-order chi connectivity index (χ0) is 15.2. The van der Waals surface area contributed by atoms with Gasteiger partial charge in [0.15, 0.2) is 0 Å². The summed E-state index contributed by atoms with van der Waals surface area (Å²) in [4.78, 5) is 18.9. The maximum Gasteiger partial charge on any atom is 0.266 e. The number of aryl methyl sites for hydroxylation is 1. The first kappa shape index (κ1) is 15.6. The topological polar surface area (TPSA) is 73.7 Å². The molecule has 0 aliphatic heterocycles. The Hall–Kier alpha value is -1.76. The van der Waals surface area contributed by atoms with Crippen LogP contribution in [0.25, 0.3) is 10.6 Å². The molecule has 0 bridgehead atoms. The van der Waals surface area contributed by atoms with Gasteiger partial charge in [0.25, 0.3) is 5.91 Å². The molecule has 112 valence electrons. The van der Waals surface area contributed by atoms with Gasteiger partial charge in [-0.05, 0) is 6.92 Å². The SMILES string of the molecule is Cc1nc(-c2ccccc2)sc1C(=O)N(CCO)CCO. The number of aromatic nitrogens is 1. The molecule has 0 aliphatic rings. The van der Waals surface area contributed by atoms with Crippen LogP contribution in [0.3, 0.4) is 0 Å². The zero-order valence-corrected chi connectivity index (χ0v) is 12.6. The van der Waals surface area contributed by atoms with E-state index in [2.05, 4.69) is 4.98 Å². The monoisotopic (exact) mass is 306 g/mol. The van der Waals surface area contributed by atoms with Gasteiger partial charge in [0.05, 0.1) is 18.9 Å². The average Bonchev–Trinajstić information content (AvgIpc) is 2.89. The predicted molar refractivity (Wildman–Crippen MR) is 82.4 cm³/mol. The lowest BCUT2D eigenvalue weighted by Gasteiger charge is -2.19. The zero-order valence-electron chi connectivity index (χ0n) is 11.8. The molecule has 2 rings (SSSR count). The second-order valence-electron chi connectivity index (χ2n) is 4.54. The highest BCUT2D eigenvalue weighted by Gasteiger charge is 2.21. The van der Waals surface area contributed by atoms with Crippen LogP contribution in [-0.2, 0) is 0 Å². The van der Waals surface area contributed by atoms with E-state index >= 15 is 0 Å². The fraction of sp³-hybridized carbons (Fsp3) is 0.333. The quantitative estimate of drug-likeness (QED) is 0.849. The Balaban J connectivity index is 2.28. The second-order valence-corrected chi connectivity index (χ2v) is 5.54. The first-order valence-corrected chi connectivity index (χ1v) is 7.53. The first-order chi connectivity index (χ1) is 10.2. The van der Waals surface area contributed by atoms with Gasteiger partial charge in [-0.25, -0.2) is 4.98 Å². The van der Waals surface area contributed by atoms with Crippen molar-refractivity contribution in [2.45, 2.75) is 6.92 Å². The smallest absolute Gasteiger partial charge is 0.266 e. The van der Waals surface area contributed by atoms with Crippen LogP contribution < -0.4 is 0 Å². The molecule has 0 spiro atoms. The van der Waals surface area contributed by atoms with Crippen molar-refractivity contribution in [1.29, 1.82) is 0 Å². The number of benzene rings is 1. The van der Waals surface area contributed by atoms with Crippen LogP contribution in [0.15, 0.2) is 30.3 Å². The summed E-state index contributed by atoms with van der Waals surface area (Å²) in [5, 5.41) is 18.8. The predicted octanol–water partition coefficient (Wildman–Crippen LogP) is 1.55. The number of amides is 1. The molecule has 0 unspecified atom stereocenters. The Bertz CT molecular complexity index is 592. The molecule has 0 saturated carbocycles. The minimum atomic E-state index is -0.199. The normalized spacial score (nSPS) is 10.6. The molecule has 1 amide bonds. The number of nitrogens with zero attached hydrogens (tertiary/aromatic N) is 2. The molecular formula is C15H18N2O3S. The van der Waals surface area contributed by atoms with Gasteiger partial charge in [0.1, 0.15) is 9.88 Å². The molecule has 1 heterocycles. The van der Waals surface area contributed by atoms with Gasteiger partial charge in [-0.2, -0.15) is 0 Å². The number of carbonyl (C=O) groups excluding carboxylic acids is 1. The highest BCUT2D eigenvalue weighted by atomic mass is 32.1. The molecule has 0 aliphatic carbocycles. The fourth-order valence-electron chi connectivity index (χ4n) is 2.00. The third-order valence-electron chi connectivity index (χ3n) is 3.04. The highest BCUT2D eigenvalue weighted by Crippen LogP contribution is 2.28. The van der Waals surface area contributed by atoms with Crippen molar-refractivity contribution in [2.24, 2.45) is 0 Å². The molecule has 21 heavy (non-hydrogen) atoms. The summed E-state index contributed by atoms with van der Waals surface area (Å²) in [7, 11) is 0. The number of hydrogen-bond acceptors (Lipinski definition) is 5. The highest BCUT2D eigenvalue weighted by molar-refractivity contribution is 7.17. The summed E-state index contributed by atoms with van der Waals surface area (Å²) in [6.45, 7) is 1.95. The van der Waals surface area contributed by atoms with Crippen LogP contribution in [0.4, 0.5) is 0 Å². The number of thiazole rings is 1. The standard InChI is InChI=1S/C15H18N2O3S/c1-11-13(15(20)17(7-9-18)8-10-19)21-14(16-11)12-5-3-2-4-6-12/h2-6,18-19H,7-10H2,1H3. The van der Waals surface area contributed by atoms with Gasteiger partial charge in [-0.3, -0.25) is 4.79 Å². The number of carbonyl (C=O) groups is 1. The minimum absolute atomic E-state index is 0.130. The van der Waals surface area contributed by atoms with Crippen LogP contribution in [0, 0.1) is 6.92 Å². The molecular weight excluding hydrogens is 288 g/mol. The Morgan fingerprint density at radius 1 is 1.19 bits per heavy atom. The maximum absolute atomic E-state index is 12.5.